The molecule has 6 nitrogen and oxygen atoms in total. The van der Waals surface area contributed by atoms with Gasteiger partial charge in [0.25, 0.3) is 5.91 Å². The summed E-state index contributed by atoms with van der Waals surface area (Å²) in [5.74, 6) is 0.462. The van der Waals surface area contributed by atoms with Crippen LogP contribution in [0.15, 0.2) is 35.7 Å². The van der Waals surface area contributed by atoms with Gasteiger partial charge in [0.2, 0.25) is 0 Å². The highest BCUT2D eigenvalue weighted by atomic mass is 32.1. The summed E-state index contributed by atoms with van der Waals surface area (Å²) in [7, 11) is 0. The summed E-state index contributed by atoms with van der Waals surface area (Å²) >= 11 is 1.61. The molecule has 24 heavy (non-hydrogen) atoms. The van der Waals surface area contributed by atoms with Crippen molar-refractivity contribution in [1.82, 2.24) is 10.6 Å². The Morgan fingerprint density at radius 3 is 2.79 bits per heavy atom. The van der Waals surface area contributed by atoms with Gasteiger partial charge in [0.1, 0.15) is 5.75 Å². The van der Waals surface area contributed by atoms with Gasteiger partial charge in [0.05, 0.1) is 17.8 Å². The van der Waals surface area contributed by atoms with Gasteiger partial charge in [0, 0.05) is 4.88 Å². The molecule has 0 saturated heterocycles. The average molecular weight is 345 g/mol. The Balaban J connectivity index is 1.62. The number of amides is 3. The summed E-state index contributed by atoms with van der Waals surface area (Å²) in [6, 6.07) is 8.96. The van der Waals surface area contributed by atoms with Crippen molar-refractivity contribution in [3.05, 3.63) is 46.2 Å². The Labute approximate surface area is 144 Å². The van der Waals surface area contributed by atoms with Crippen LogP contribution >= 0.6 is 11.3 Å². The lowest BCUT2D eigenvalue weighted by Crippen LogP contribution is -2.38. The third-order valence-corrected chi connectivity index (χ3v) is 4.86. The minimum Gasteiger partial charge on any atom is -0.482 e. The van der Waals surface area contributed by atoms with Crippen molar-refractivity contribution in [2.45, 2.75) is 25.9 Å². The van der Waals surface area contributed by atoms with Gasteiger partial charge < -0.3 is 20.7 Å². The first kappa shape index (κ1) is 16.3. The number of hydrogen-bond donors (Lipinski definition) is 3. The van der Waals surface area contributed by atoms with Gasteiger partial charge in [-0.05, 0) is 43.0 Å². The lowest BCUT2D eigenvalue weighted by Gasteiger charge is -2.21. The number of thiophene rings is 1. The number of fused-ring (bicyclic) bond motifs is 1. The Morgan fingerprint density at radius 1 is 1.25 bits per heavy atom. The summed E-state index contributed by atoms with van der Waals surface area (Å²) in [4.78, 5) is 24.7. The lowest BCUT2D eigenvalue weighted by atomic mass is 10.1. The fourth-order valence-corrected chi connectivity index (χ4v) is 3.23. The first-order valence-electron chi connectivity index (χ1n) is 7.70. The highest BCUT2D eigenvalue weighted by Crippen LogP contribution is 2.30. The molecule has 1 aliphatic rings. The minimum absolute atomic E-state index is 0.0309. The first-order chi connectivity index (χ1) is 11.5. The zero-order chi connectivity index (χ0) is 17.1. The number of rotatable bonds is 4. The van der Waals surface area contributed by atoms with E-state index in [2.05, 4.69) is 16.0 Å². The van der Waals surface area contributed by atoms with Crippen LogP contribution in [0.5, 0.6) is 5.75 Å². The monoisotopic (exact) mass is 345 g/mol. The molecule has 0 saturated carbocycles. The van der Waals surface area contributed by atoms with Crippen LogP contribution in [0.2, 0.25) is 0 Å². The topological polar surface area (TPSA) is 79.5 Å². The van der Waals surface area contributed by atoms with E-state index in [1.54, 1.807) is 17.4 Å². The Morgan fingerprint density at radius 2 is 2.04 bits per heavy atom. The van der Waals surface area contributed by atoms with Gasteiger partial charge in [-0.1, -0.05) is 12.1 Å². The molecule has 3 amide bonds. The summed E-state index contributed by atoms with van der Waals surface area (Å²) < 4.78 is 5.33. The predicted octanol–water partition coefficient (Wildman–Crippen LogP) is 3.20. The van der Waals surface area contributed by atoms with E-state index in [9.17, 15) is 9.59 Å². The second-order valence-electron chi connectivity index (χ2n) is 5.67. The van der Waals surface area contributed by atoms with E-state index in [-0.39, 0.29) is 30.6 Å². The lowest BCUT2D eigenvalue weighted by molar-refractivity contribution is -0.118. The number of anilines is 1. The van der Waals surface area contributed by atoms with Crippen LogP contribution in [-0.2, 0) is 4.79 Å². The summed E-state index contributed by atoms with van der Waals surface area (Å²) in [6.45, 7) is 3.87. The van der Waals surface area contributed by atoms with E-state index in [1.807, 2.05) is 43.5 Å². The molecule has 1 aliphatic heterocycles. The molecule has 0 unspecified atom stereocenters. The van der Waals surface area contributed by atoms with Crippen LogP contribution in [0.25, 0.3) is 0 Å². The van der Waals surface area contributed by atoms with E-state index in [0.29, 0.717) is 11.4 Å². The maximum absolute atomic E-state index is 12.2. The Kier molecular flexibility index (Phi) is 4.71. The highest BCUT2D eigenvalue weighted by Gasteiger charge is 2.18. The van der Waals surface area contributed by atoms with Crippen LogP contribution in [0.4, 0.5) is 10.5 Å². The van der Waals surface area contributed by atoms with E-state index >= 15 is 0 Å². The average Bonchev–Trinajstić information content (AvgIpc) is 3.08. The number of urea groups is 1. The molecule has 3 N–H and O–H groups in total. The third kappa shape index (κ3) is 3.68. The van der Waals surface area contributed by atoms with Crippen molar-refractivity contribution in [3.63, 3.8) is 0 Å². The van der Waals surface area contributed by atoms with Crippen molar-refractivity contribution in [1.29, 1.82) is 0 Å². The molecule has 0 aliphatic carbocycles. The number of hydrogen-bond acceptors (Lipinski definition) is 4. The number of carbonyl (C=O) groups excluding carboxylic acids is 2. The first-order valence-corrected chi connectivity index (χ1v) is 8.58. The minimum atomic E-state index is -0.235. The molecule has 2 atom stereocenters. The summed E-state index contributed by atoms with van der Waals surface area (Å²) in [6.07, 6.45) is 0. The molecule has 0 radical (unpaired) electrons. The molecule has 1 aromatic carbocycles. The quantitative estimate of drug-likeness (QED) is 0.796. The van der Waals surface area contributed by atoms with E-state index in [0.717, 1.165) is 10.4 Å². The van der Waals surface area contributed by atoms with Crippen LogP contribution in [-0.4, -0.2) is 18.5 Å². The molecule has 0 bridgehead atoms. The molecule has 1 aromatic heterocycles. The van der Waals surface area contributed by atoms with Crippen LogP contribution in [0.1, 0.15) is 36.4 Å². The van der Waals surface area contributed by atoms with Crippen molar-refractivity contribution in [3.8, 4) is 5.75 Å². The van der Waals surface area contributed by atoms with Crippen molar-refractivity contribution in [2.24, 2.45) is 0 Å². The van der Waals surface area contributed by atoms with Crippen LogP contribution < -0.4 is 20.7 Å². The molecule has 126 valence electrons. The fraction of sp³-hybridized carbons (Fsp3) is 0.294. The Hall–Kier alpha value is -2.54. The smallest absolute Gasteiger partial charge is 0.315 e. The van der Waals surface area contributed by atoms with E-state index in [4.69, 9.17) is 4.74 Å². The molecule has 7 heteroatoms. The SMILES string of the molecule is C[C@@H](NC(=O)N[C@H](C)c1cccs1)c1ccc2c(c1)NC(=O)CO2. The van der Waals surface area contributed by atoms with E-state index < -0.39 is 0 Å². The molecular weight excluding hydrogens is 326 g/mol. The van der Waals surface area contributed by atoms with Crippen molar-refractivity contribution >= 4 is 29.0 Å². The number of ether oxygens (including phenoxy) is 1. The molecule has 2 aromatic rings. The van der Waals surface area contributed by atoms with E-state index in [1.165, 1.54) is 0 Å². The zero-order valence-electron chi connectivity index (χ0n) is 13.5. The van der Waals surface area contributed by atoms with Gasteiger partial charge in [-0.3, -0.25) is 4.79 Å². The number of benzene rings is 1. The van der Waals surface area contributed by atoms with Crippen LogP contribution in [0, 0.1) is 0 Å². The zero-order valence-corrected chi connectivity index (χ0v) is 14.3. The standard InChI is InChI=1S/C17H19N3O3S/c1-10(18-17(22)19-11(2)15-4-3-7-24-15)12-5-6-14-13(8-12)20-16(21)9-23-14/h3-8,10-11H,9H2,1-2H3,(H,20,21)(H2,18,19,22)/t10-,11-/m1/s1. The van der Waals surface area contributed by atoms with Crippen molar-refractivity contribution in [2.75, 3.05) is 11.9 Å². The molecule has 0 spiro atoms. The molecule has 2 heterocycles. The third-order valence-electron chi connectivity index (χ3n) is 3.80. The predicted molar refractivity (Wildman–Crippen MR) is 93.4 cm³/mol. The molecule has 0 fully saturated rings. The molecule has 3 rings (SSSR count). The highest BCUT2D eigenvalue weighted by molar-refractivity contribution is 7.10. The van der Waals surface area contributed by atoms with Gasteiger partial charge in [0.15, 0.2) is 6.61 Å². The maximum atomic E-state index is 12.2. The van der Waals surface area contributed by atoms with Gasteiger partial charge in [-0.2, -0.15) is 0 Å². The Bertz CT molecular complexity index is 746. The van der Waals surface area contributed by atoms with Gasteiger partial charge in [-0.15, -0.1) is 11.3 Å². The van der Waals surface area contributed by atoms with Gasteiger partial charge in [-0.25, -0.2) is 4.79 Å². The normalized spacial score (nSPS) is 15.5. The summed E-state index contributed by atoms with van der Waals surface area (Å²) in [5.41, 5.74) is 1.52. The molecular formula is C17H19N3O3S. The fourth-order valence-electron chi connectivity index (χ4n) is 2.50. The largest absolute Gasteiger partial charge is 0.482 e. The van der Waals surface area contributed by atoms with Crippen LogP contribution in [0.3, 0.4) is 0 Å². The second-order valence-corrected chi connectivity index (χ2v) is 6.65. The summed E-state index contributed by atoms with van der Waals surface area (Å²) in [5, 5.41) is 10.6. The number of nitrogens with one attached hydrogen (secondary N) is 3. The van der Waals surface area contributed by atoms with Gasteiger partial charge >= 0.3 is 6.03 Å². The second kappa shape index (κ2) is 6.92. The number of carbonyl (C=O) groups is 2. The van der Waals surface area contributed by atoms with Crippen molar-refractivity contribution < 1.29 is 14.3 Å². The maximum Gasteiger partial charge on any atom is 0.315 e.